The highest BCUT2D eigenvalue weighted by Crippen LogP contribution is 2.13. The Hall–Kier alpha value is -1.58. The van der Waals surface area contributed by atoms with Crippen molar-refractivity contribution < 1.29 is 9.05 Å². The van der Waals surface area contributed by atoms with Crippen molar-refractivity contribution in [1.82, 2.24) is 20.9 Å². The van der Waals surface area contributed by atoms with Gasteiger partial charge >= 0.3 is 0 Å². The third-order valence-electron chi connectivity index (χ3n) is 2.75. The molecule has 0 fully saturated rings. The second-order valence-electron chi connectivity index (χ2n) is 4.64. The Morgan fingerprint density at radius 1 is 1.29 bits per heavy atom. The number of aromatic nitrogens is 2. The molecule has 21 heavy (non-hydrogen) atoms. The Kier molecular flexibility index (Phi) is 7.20. The van der Waals surface area contributed by atoms with Crippen molar-refractivity contribution in [3.05, 3.63) is 35.5 Å². The van der Waals surface area contributed by atoms with Crippen LogP contribution in [0.4, 0.5) is 0 Å². The maximum absolute atomic E-state index is 5.25. The monoisotopic (exact) mass is 405 g/mol. The quantitative estimate of drug-likeness (QED) is 0.451. The van der Waals surface area contributed by atoms with E-state index in [0.717, 1.165) is 17.1 Å². The van der Waals surface area contributed by atoms with Gasteiger partial charge in [0.15, 0.2) is 11.7 Å². The molecule has 0 aromatic carbocycles. The molecule has 0 aliphatic rings. The first-order valence-electron chi connectivity index (χ1n) is 6.48. The molecule has 0 unspecified atom stereocenters. The molecule has 0 aliphatic carbocycles. The summed E-state index contributed by atoms with van der Waals surface area (Å²) in [5.41, 5.74) is 1.77. The molecule has 2 N–H and O–H groups in total. The largest absolute Gasteiger partial charge is 0.364 e. The van der Waals surface area contributed by atoms with Gasteiger partial charge in [0.2, 0.25) is 0 Å². The van der Waals surface area contributed by atoms with Gasteiger partial charge in [-0.25, -0.2) is 0 Å². The van der Waals surface area contributed by atoms with Crippen LogP contribution in [0.3, 0.4) is 0 Å². The number of rotatable bonds is 5. The van der Waals surface area contributed by atoms with Gasteiger partial charge in [-0.3, -0.25) is 4.99 Å². The predicted octanol–water partition coefficient (Wildman–Crippen LogP) is 2.27. The SMILES string of the molecule is CN=C(NCc1ccon1)NCc1cc(C(C)C)no1.I. The Balaban J connectivity index is 0.00000220. The van der Waals surface area contributed by atoms with Crippen molar-refractivity contribution in [2.75, 3.05) is 7.05 Å². The zero-order chi connectivity index (χ0) is 14.4. The summed E-state index contributed by atoms with van der Waals surface area (Å²) < 4.78 is 10.0. The standard InChI is InChI=1S/C13H19N5O2.HI/c1-9(2)12-6-11(20-18-12)8-16-13(14-3)15-7-10-4-5-19-17-10;/h4-6,9H,7-8H2,1-3H3,(H2,14,15,16);1H. The Morgan fingerprint density at radius 3 is 2.62 bits per heavy atom. The van der Waals surface area contributed by atoms with Crippen molar-refractivity contribution in [2.45, 2.75) is 32.9 Å². The summed E-state index contributed by atoms with van der Waals surface area (Å²) in [6.45, 7) is 5.23. The van der Waals surface area contributed by atoms with Gasteiger partial charge in [0.1, 0.15) is 12.0 Å². The molecule has 0 saturated carbocycles. The first kappa shape index (κ1) is 17.5. The Labute approximate surface area is 140 Å². The molecule has 0 radical (unpaired) electrons. The lowest BCUT2D eigenvalue weighted by molar-refractivity contribution is 0.372. The summed E-state index contributed by atoms with van der Waals surface area (Å²) >= 11 is 0. The van der Waals surface area contributed by atoms with Crippen LogP contribution in [0.1, 0.15) is 36.9 Å². The molecule has 0 saturated heterocycles. The average molecular weight is 405 g/mol. The fraction of sp³-hybridized carbons (Fsp3) is 0.462. The molecule has 0 bridgehead atoms. The lowest BCUT2D eigenvalue weighted by Crippen LogP contribution is -2.36. The van der Waals surface area contributed by atoms with Crippen molar-refractivity contribution in [2.24, 2.45) is 4.99 Å². The first-order chi connectivity index (χ1) is 9.69. The predicted molar refractivity (Wildman–Crippen MR) is 89.5 cm³/mol. The summed E-state index contributed by atoms with van der Waals surface area (Å²) in [4.78, 5) is 4.12. The van der Waals surface area contributed by atoms with Crippen LogP contribution in [0, 0.1) is 0 Å². The van der Waals surface area contributed by atoms with Crippen molar-refractivity contribution in [3.8, 4) is 0 Å². The minimum atomic E-state index is 0. The summed E-state index contributed by atoms with van der Waals surface area (Å²) in [6.07, 6.45) is 1.54. The van der Waals surface area contributed by atoms with E-state index >= 15 is 0 Å². The van der Waals surface area contributed by atoms with Crippen LogP contribution >= 0.6 is 24.0 Å². The number of nitrogens with zero attached hydrogens (tertiary/aromatic N) is 3. The fourth-order valence-corrected chi connectivity index (χ4v) is 1.58. The normalized spacial score (nSPS) is 11.3. The van der Waals surface area contributed by atoms with E-state index in [1.54, 1.807) is 13.1 Å². The van der Waals surface area contributed by atoms with Crippen LogP contribution in [0.15, 0.2) is 32.4 Å². The molecule has 2 heterocycles. The number of hydrogen-bond acceptors (Lipinski definition) is 5. The van der Waals surface area contributed by atoms with Gasteiger partial charge in [-0.2, -0.15) is 0 Å². The lowest BCUT2D eigenvalue weighted by Gasteiger charge is -2.08. The molecule has 2 aromatic heterocycles. The lowest BCUT2D eigenvalue weighted by atomic mass is 10.1. The molecule has 0 atom stereocenters. The number of nitrogens with one attached hydrogen (secondary N) is 2. The third-order valence-corrected chi connectivity index (χ3v) is 2.75. The van der Waals surface area contributed by atoms with E-state index in [1.165, 1.54) is 6.26 Å². The fourth-order valence-electron chi connectivity index (χ4n) is 1.58. The van der Waals surface area contributed by atoms with Gasteiger partial charge in [0, 0.05) is 19.2 Å². The molecule has 0 aliphatic heterocycles. The van der Waals surface area contributed by atoms with Crippen molar-refractivity contribution >= 4 is 29.9 Å². The van der Waals surface area contributed by atoms with Crippen LogP contribution in [0.5, 0.6) is 0 Å². The summed E-state index contributed by atoms with van der Waals surface area (Å²) in [5, 5.41) is 14.1. The molecule has 0 amide bonds. The van der Waals surface area contributed by atoms with E-state index in [0.29, 0.717) is 25.0 Å². The number of guanidine groups is 1. The second-order valence-corrected chi connectivity index (χ2v) is 4.64. The minimum absolute atomic E-state index is 0. The molecule has 116 valence electrons. The maximum atomic E-state index is 5.25. The number of halogens is 1. The summed E-state index contributed by atoms with van der Waals surface area (Å²) in [5.74, 6) is 1.80. The zero-order valence-electron chi connectivity index (χ0n) is 12.3. The molecule has 2 aromatic rings. The molecule has 7 nitrogen and oxygen atoms in total. The van der Waals surface area contributed by atoms with Crippen molar-refractivity contribution in [3.63, 3.8) is 0 Å². The van der Waals surface area contributed by atoms with Gasteiger partial charge in [0.05, 0.1) is 18.8 Å². The van der Waals surface area contributed by atoms with Gasteiger partial charge in [-0.1, -0.05) is 24.2 Å². The molecular weight excluding hydrogens is 385 g/mol. The molecule has 0 spiro atoms. The zero-order valence-corrected chi connectivity index (χ0v) is 14.6. The van der Waals surface area contributed by atoms with Gasteiger partial charge in [-0.05, 0) is 5.92 Å². The summed E-state index contributed by atoms with van der Waals surface area (Å²) in [6, 6.07) is 3.74. The Morgan fingerprint density at radius 2 is 2.05 bits per heavy atom. The van der Waals surface area contributed by atoms with E-state index in [4.69, 9.17) is 9.05 Å². The van der Waals surface area contributed by atoms with E-state index in [-0.39, 0.29) is 24.0 Å². The third kappa shape index (κ3) is 5.37. The molecule has 8 heteroatoms. The highest BCUT2D eigenvalue weighted by molar-refractivity contribution is 14.0. The second kappa shape index (κ2) is 8.65. The highest BCUT2D eigenvalue weighted by Gasteiger charge is 2.08. The molecule has 2 rings (SSSR count). The smallest absolute Gasteiger partial charge is 0.191 e. The van der Waals surface area contributed by atoms with Crippen LogP contribution in [0.25, 0.3) is 0 Å². The highest BCUT2D eigenvalue weighted by atomic mass is 127. The van der Waals surface area contributed by atoms with E-state index in [1.807, 2.05) is 6.07 Å². The topological polar surface area (TPSA) is 88.5 Å². The van der Waals surface area contributed by atoms with Crippen LogP contribution in [-0.4, -0.2) is 23.3 Å². The van der Waals surface area contributed by atoms with Crippen LogP contribution in [0.2, 0.25) is 0 Å². The van der Waals surface area contributed by atoms with E-state index in [9.17, 15) is 0 Å². The van der Waals surface area contributed by atoms with E-state index < -0.39 is 0 Å². The average Bonchev–Trinajstić information content (AvgIpc) is 3.10. The first-order valence-corrected chi connectivity index (χ1v) is 6.48. The minimum Gasteiger partial charge on any atom is -0.364 e. The number of aliphatic imine (C=N–C) groups is 1. The maximum Gasteiger partial charge on any atom is 0.191 e. The Bertz CT molecular complexity index is 551. The van der Waals surface area contributed by atoms with Crippen molar-refractivity contribution in [1.29, 1.82) is 0 Å². The van der Waals surface area contributed by atoms with E-state index in [2.05, 4.69) is 39.8 Å². The van der Waals surface area contributed by atoms with Gasteiger partial charge in [0.25, 0.3) is 0 Å². The van der Waals surface area contributed by atoms with Gasteiger partial charge < -0.3 is 19.7 Å². The van der Waals surface area contributed by atoms with Crippen LogP contribution in [-0.2, 0) is 13.1 Å². The molecular formula is C13H20IN5O2. The van der Waals surface area contributed by atoms with Gasteiger partial charge in [-0.15, -0.1) is 24.0 Å². The number of hydrogen-bond donors (Lipinski definition) is 2. The van der Waals surface area contributed by atoms with Crippen LogP contribution < -0.4 is 10.6 Å². The summed E-state index contributed by atoms with van der Waals surface area (Å²) in [7, 11) is 1.71.